The number of pyridine rings is 1. The number of ether oxygens (including phenoxy) is 2. The van der Waals surface area contributed by atoms with E-state index in [1.807, 2.05) is 0 Å². The summed E-state index contributed by atoms with van der Waals surface area (Å²) in [7, 11) is 0. The molecular formula is C14H17F3N2O2. The third-order valence-corrected chi connectivity index (χ3v) is 3.99. The van der Waals surface area contributed by atoms with Crippen molar-refractivity contribution in [3.05, 3.63) is 24.0 Å². The van der Waals surface area contributed by atoms with Gasteiger partial charge in [0.1, 0.15) is 5.69 Å². The first-order chi connectivity index (χ1) is 9.97. The molecule has 1 aromatic rings. The molecule has 1 spiro atoms. The first-order valence-electron chi connectivity index (χ1n) is 7.05. The molecule has 1 saturated heterocycles. The lowest BCUT2D eigenvalue weighted by molar-refractivity contribution is -0.177. The van der Waals surface area contributed by atoms with Crippen molar-refractivity contribution in [3.8, 4) is 0 Å². The van der Waals surface area contributed by atoms with Gasteiger partial charge < -0.3 is 14.8 Å². The molecule has 0 atom stereocenters. The number of halogens is 3. The monoisotopic (exact) mass is 302 g/mol. The van der Waals surface area contributed by atoms with E-state index in [1.165, 1.54) is 12.3 Å². The molecule has 7 heteroatoms. The fourth-order valence-electron chi connectivity index (χ4n) is 2.87. The summed E-state index contributed by atoms with van der Waals surface area (Å²) in [6.45, 7) is 1.28. The van der Waals surface area contributed by atoms with Gasteiger partial charge in [-0.25, -0.2) is 4.98 Å². The summed E-state index contributed by atoms with van der Waals surface area (Å²) in [5.41, 5.74) is -0.263. The number of anilines is 1. The van der Waals surface area contributed by atoms with E-state index in [9.17, 15) is 13.2 Å². The van der Waals surface area contributed by atoms with Crippen molar-refractivity contribution in [1.29, 1.82) is 0 Å². The van der Waals surface area contributed by atoms with Crippen molar-refractivity contribution in [2.75, 3.05) is 18.5 Å². The first-order valence-corrected chi connectivity index (χ1v) is 7.05. The number of hydrogen-bond acceptors (Lipinski definition) is 4. The Morgan fingerprint density at radius 2 is 1.81 bits per heavy atom. The van der Waals surface area contributed by atoms with Gasteiger partial charge in [0.15, 0.2) is 5.79 Å². The van der Waals surface area contributed by atoms with Crippen molar-refractivity contribution in [2.45, 2.75) is 43.7 Å². The summed E-state index contributed by atoms with van der Waals surface area (Å²) in [5, 5.41) is 3.22. The van der Waals surface area contributed by atoms with Crippen LogP contribution in [0, 0.1) is 0 Å². The van der Waals surface area contributed by atoms with Crippen LogP contribution in [0.2, 0.25) is 0 Å². The fourth-order valence-corrected chi connectivity index (χ4v) is 2.87. The van der Waals surface area contributed by atoms with E-state index >= 15 is 0 Å². The molecular weight excluding hydrogens is 285 g/mol. The zero-order valence-electron chi connectivity index (χ0n) is 11.4. The van der Waals surface area contributed by atoms with E-state index in [0.717, 1.165) is 31.7 Å². The van der Waals surface area contributed by atoms with E-state index in [4.69, 9.17) is 9.47 Å². The predicted molar refractivity (Wildman–Crippen MR) is 69.8 cm³/mol. The largest absolute Gasteiger partial charge is 0.433 e. The fraction of sp³-hybridized carbons (Fsp3) is 0.643. The van der Waals surface area contributed by atoms with E-state index in [2.05, 4.69) is 10.3 Å². The van der Waals surface area contributed by atoms with E-state index in [-0.39, 0.29) is 6.04 Å². The maximum Gasteiger partial charge on any atom is 0.433 e. The molecule has 0 bridgehead atoms. The van der Waals surface area contributed by atoms with Crippen molar-refractivity contribution in [1.82, 2.24) is 4.98 Å². The molecule has 1 saturated carbocycles. The molecule has 2 fully saturated rings. The summed E-state index contributed by atoms with van der Waals surface area (Å²) in [5.74, 6) is -0.420. The van der Waals surface area contributed by atoms with Gasteiger partial charge in [0, 0.05) is 18.9 Å². The SMILES string of the molecule is FC(F)(F)c1ccc(NC2CCC3(CC2)OCCO3)cn1. The third kappa shape index (κ3) is 3.29. The second-order valence-corrected chi connectivity index (χ2v) is 5.46. The normalized spacial score (nSPS) is 22.6. The van der Waals surface area contributed by atoms with Crippen LogP contribution in [-0.4, -0.2) is 30.0 Å². The maximum absolute atomic E-state index is 12.4. The lowest BCUT2D eigenvalue weighted by Gasteiger charge is -2.35. The Hall–Kier alpha value is -1.34. The average molecular weight is 302 g/mol. The van der Waals surface area contributed by atoms with Crippen LogP contribution in [0.3, 0.4) is 0 Å². The Labute approximate surface area is 120 Å². The molecule has 3 rings (SSSR count). The highest BCUT2D eigenvalue weighted by Gasteiger charge is 2.40. The van der Waals surface area contributed by atoms with Crippen LogP contribution in [0.4, 0.5) is 18.9 Å². The Kier molecular flexibility index (Phi) is 3.79. The predicted octanol–water partition coefficient (Wildman–Crippen LogP) is 3.20. The van der Waals surface area contributed by atoms with Gasteiger partial charge in [-0.05, 0) is 25.0 Å². The molecule has 1 aromatic heterocycles. The molecule has 0 aromatic carbocycles. The number of nitrogens with one attached hydrogen (secondary N) is 1. The summed E-state index contributed by atoms with van der Waals surface area (Å²) >= 11 is 0. The molecule has 4 nitrogen and oxygen atoms in total. The number of alkyl halides is 3. The number of rotatable bonds is 2. The van der Waals surface area contributed by atoms with Gasteiger partial charge in [-0.2, -0.15) is 13.2 Å². The minimum Gasteiger partial charge on any atom is -0.381 e. The Balaban J connectivity index is 1.55. The van der Waals surface area contributed by atoms with Crippen LogP contribution in [0.5, 0.6) is 0 Å². The van der Waals surface area contributed by atoms with Gasteiger partial charge in [0.2, 0.25) is 0 Å². The minimum absolute atomic E-state index is 0.210. The van der Waals surface area contributed by atoms with Crippen molar-refractivity contribution < 1.29 is 22.6 Å². The average Bonchev–Trinajstić information content (AvgIpc) is 2.90. The van der Waals surface area contributed by atoms with Crippen LogP contribution in [0.1, 0.15) is 31.4 Å². The second-order valence-electron chi connectivity index (χ2n) is 5.46. The molecule has 21 heavy (non-hydrogen) atoms. The topological polar surface area (TPSA) is 43.4 Å². The maximum atomic E-state index is 12.4. The molecule has 116 valence electrons. The quantitative estimate of drug-likeness (QED) is 0.911. The molecule has 2 heterocycles. The highest BCUT2D eigenvalue weighted by atomic mass is 19.4. The van der Waals surface area contributed by atoms with E-state index < -0.39 is 17.7 Å². The van der Waals surface area contributed by atoms with Crippen LogP contribution in [0.15, 0.2) is 18.3 Å². The van der Waals surface area contributed by atoms with Crippen LogP contribution in [0.25, 0.3) is 0 Å². The highest BCUT2D eigenvalue weighted by molar-refractivity contribution is 5.42. The van der Waals surface area contributed by atoms with Gasteiger partial charge in [-0.15, -0.1) is 0 Å². The van der Waals surface area contributed by atoms with Crippen molar-refractivity contribution in [3.63, 3.8) is 0 Å². The molecule has 0 radical (unpaired) electrons. The van der Waals surface area contributed by atoms with Gasteiger partial charge >= 0.3 is 6.18 Å². The number of nitrogens with zero attached hydrogens (tertiary/aromatic N) is 1. The van der Waals surface area contributed by atoms with Crippen molar-refractivity contribution in [2.24, 2.45) is 0 Å². The summed E-state index contributed by atoms with van der Waals surface area (Å²) < 4.78 is 48.6. The van der Waals surface area contributed by atoms with Crippen LogP contribution >= 0.6 is 0 Å². The van der Waals surface area contributed by atoms with Crippen LogP contribution < -0.4 is 5.32 Å². The second kappa shape index (κ2) is 5.46. The highest BCUT2D eigenvalue weighted by Crippen LogP contribution is 2.36. The van der Waals surface area contributed by atoms with Gasteiger partial charge in [-0.3, -0.25) is 0 Å². The lowest BCUT2D eigenvalue weighted by Crippen LogP contribution is -2.39. The number of hydrogen-bond donors (Lipinski definition) is 1. The first kappa shape index (κ1) is 14.6. The van der Waals surface area contributed by atoms with Gasteiger partial charge in [0.25, 0.3) is 0 Å². The standard InChI is InChI=1S/C14H17F3N2O2/c15-14(16,17)12-2-1-11(9-18-12)19-10-3-5-13(6-4-10)20-7-8-21-13/h1-2,9-10,19H,3-8H2. The summed E-state index contributed by atoms with van der Waals surface area (Å²) in [6, 6.07) is 2.63. The molecule has 0 amide bonds. The Morgan fingerprint density at radius 1 is 1.14 bits per heavy atom. The third-order valence-electron chi connectivity index (χ3n) is 3.99. The number of aromatic nitrogens is 1. The van der Waals surface area contributed by atoms with Crippen molar-refractivity contribution >= 4 is 5.69 Å². The lowest BCUT2D eigenvalue weighted by atomic mass is 9.90. The van der Waals surface area contributed by atoms with E-state index in [1.54, 1.807) is 0 Å². The molecule has 1 aliphatic carbocycles. The van der Waals surface area contributed by atoms with Gasteiger partial charge in [0.05, 0.1) is 25.1 Å². The van der Waals surface area contributed by atoms with Gasteiger partial charge in [-0.1, -0.05) is 0 Å². The molecule has 1 aliphatic heterocycles. The smallest absolute Gasteiger partial charge is 0.381 e. The zero-order chi connectivity index (χ0) is 14.9. The van der Waals surface area contributed by atoms with E-state index in [0.29, 0.717) is 18.9 Å². The summed E-state index contributed by atoms with van der Waals surface area (Å²) in [6.07, 6.45) is 0.169. The molecule has 2 aliphatic rings. The summed E-state index contributed by atoms with van der Waals surface area (Å²) in [4.78, 5) is 3.45. The molecule has 0 unspecified atom stereocenters. The zero-order valence-corrected chi connectivity index (χ0v) is 11.4. The Bertz CT molecular complexity index is 474. The molecule has 1 N–H and O–H groups in total. The Morgan fingerprint density at radius 3 is 2.33 bits per heavy atom. The van der Waals surface area contributed by atoms with Crippen LogP contribution in [-0.2, 0) is 15.7 Å². The minimum atomic E-state index is -4.40.